The molecular formula is C40H78N2O6P+. The molecule has 0 aromatic rings. The summed E-state index contributed by atoms with van der Waals surface area (Å²) < 4.78 is 23.4. The minimum Gasteiger partial charge on any atom is -0.387 e. The molecule has 0 saturated heterocycles. The zero-order chi connectivity index (χ0) is 36.5. The van der Waals surface area contributed by atoms with E-state index in [4.69, 9.17) is 9.05 Å². The molecular weight excluding hydrogens is 635 g/mol. The quantitative estimate of drug-likeness (QED) is 0.0261. The maximum atomic E-state index is 12.8. The minimum atomic E-state index is -4.34. The highest BCUT2D eigenvalue weighted by Gasteiger charge is 2.27. The van der Waals surface area contributed by atoms with Gasteiger partial charge in [-0.05, 0) is 57.8 Å². The number of aliphatic hydroxyl groups excluding tert-OH is 1. The number of hydrogen-bond donors (Lipinski definition) is 3. The second-order valence-electron chi connectivity index (χ2n) is 14.6. The molecule has 0 fully saturated rings. The molecule has 0 aliphatic heterocycles. The number of nitrogens with one attached hydrogen (secondary N) is 1. The van der Waals surface area contributed by atoms with Gasteiger partial charge in [0.1, 0.15) is 13.2 Å². The largest absolute Gasteiger partial charge is 0.472 e. The normalized spacial score (nSPS) is 15.0. The monoisotopic (exact) mass is 714 g/mol. The zero-order valence-corrected chi connectivity index (χ0v) is 33.3. The summed E-state index contributed by atoms with van der Waals surface area (Å²) in [6, 6.07) is -0.863. The molecule has 0 bridgehead atoms. The van der Waals surface area contributed by atoms with Crippen LogP contribution in [-0.4, -0.2) is 73.4 Å². The Bertz CT molecular complexity index is 902. The standard InChI is InChI=1S/C40H77N2O6P/c1-6-8-10-12-14-16-17-18-19-20-21-22-23-24-26-28-30-32-34-40(44)41-38(37-48-49(45,46)47-36-35-42(3,4)5)39(43)33-31-29-27-25-15-13-11-9-7-2/h15,21-22,25,31,33,38-39,43H,6-14,16-20,23-24,26-30,32,34-37H2,1-5H3,(H-,41,44,45,46)/p+1/b22-21-,25-15+,33-31+. The van der Waals surface area contributed by atoms with Crippen LogP contribution in [0.3, 0.4) is 0 Å². The number of amides is 1. The molecule has 0 aromatic heterocycles. The second-order valence-corrected chi connectivity index (χ2v) is 16.1. The van der Waals surface area contributed by atoms with Crippen molar-refractivity contribution < 1.29 is 32.9 Å². The van der Waals surface area contributed by atoms with E-state index in [1.807, 2.05) is 27.2 Å². The lowest BCUT2D eigenvalue weighted by Gasteiger charge is -2.25. The zero-order valence-electron chi connectivity index (χ0n) is 32.4. The van der Waals surface area contributed by atoms with Crippen LogP contribution in [0.25, 0.3) is 0 Å². The Morgan fingerprint density at radius 1 is 0.673 bits per heavy atom. The van der Waals surface area contributed by atoms with Crippen molar-refractivity contribution in [2.45, 2.75) is 174 Å². The van der Waals surface area contributed by atoms with E-state index in [9.17, 15) is 19.4 Å². The number of allylic oxidation sites excluding steroid dienone is 5. The molecule has 0 heterocycles. The number of phosphoric ester groups is 1. The first kappa shape index (κ1) is 47.7. The SMILES string of the molecule is CCCCC/C=C/CC/C=C/C(O)C(COP(=O)(O)OCC[N+](C)(C)C)NC(=O)CCCCCCC/C=C\CCCCCCCCCCC. The average molecular weight is 714 g/mol. The molecule has 0 radical (unpaired) electrons. The molecule has 1 amide bonds. The second kappa shape index (κ2) is 32.6. The van der Waals surface area contributed by atoms with E-state index in [2.05, 4.69) is 43.5 Å². The predicted octanol–water partition coefficient (Wildman–Crippen LogP) is 10.4. The third-order valence-electron chi connectivity index (χ3n) is 8.58. The van der Waals surface area contributed by atoms with Crippen molar-refractivity contribution >= 4 is 13.7 Å². The predicted molar refractivity (Wildman–Crippen MR) is 208 cm³/mol. The first-order chi connectivity index (χ1) is 23.5. The summed E-state index contributed by atoms with van der Waals surface area (Å²) in [4.78, 5) is 23.0. The molecule has 288 valence electrons. The molecule has 0 aliphatic carbocycles. The van der Waals surface area contributed by atoms with Crippen LogP contribution in [0.15, 0.2) is 36.5 Å². The van der Waals surface area contributed by atoms with Crippen LogP contribution < -0.4 is 5.32 Å². The van der Waals surface area contributed by atoms with Crippen molar-refractivity contribution in [1.82, 2.24) is 5.32 Å². The Morgan fingerprint density at radius 2 is 1.12 bits per heavy atom. The fraction of sp³-hybridized carbons (Fsp3) is 0.825. The molecule has 9 heteroatoms. The number of nitrogens with zero attached hydrogens (tertiary/aromatic N) is 1. The number of carbonyl (C=O) groups excluding carboxylic acids is 1. The number of unbranched alkanes of at least 4 members (excludes halogenated alkanes) is 18. The van der Waals surface area contributed by atoms with Crippen molar-refractivity contribution in [2.24, 2.45) is 0 Å². The van der Waals surface area contributed by atoms with Crippen molar-refractivity contribution in [3.05, 3.63) is 36.5 Å². The molecule has 3 N–H and O–H groups in total. The molecule has 0 spiro atoms. The lowest BCUT2D eigenvalue weighted by molar-refractivity contribution is -0.870. The van der Waals surface area contributed by atoms with Gasteiger partial charge >= 0.3 is 7.82 Å². The van der Waals surface area contributed by atoms with Gasteiger partial charge in [0.15, 0.2) is 0 Å². The minimum absolute atomic E-state index is 0.0539. The summed E-state index contributed by atoms with van der Waals surface area (Å²) in [5.41, 5.74) is 0. The van der Waals surface area contributed by atoms with Crippen LogP contribution in [0.2, 0.25) is 0 Å². The highest BCUT2D eigenvalue weighted by molar-refractivity contribution is 7.47. The van der Waals surface area contributed by atoms with Crippen LogP contribution in [0.1, 0.15) is 162 Å². The van der Waals surface area contributed by atoms with Crippen molar-refractivity contribution in [1.29, 1.82) is 0 Å². The van der Waals surface area contributed by atoms with Crippen molar-refractivity contribution in [3.8, 4) is 0 Å². The van der Waals surface area contributed by atoms with Crippen LogP contribution in [0.5, 0.6) is 0 Å². The summed E-state index contributed by atoms with van der Waals surface area (Å²) in [6.45, 7) is 4.71. The number of likely N-dealkylation sites (N-methyl/N-ethyl adjacent to an activating group) is 1. The number of quaternary nitrogens is 1. The van der Waals surface area contributed by atoms with Crippen molar-refractivity contribution in [2.75, 3.05) is 40.9 Å². The first-order valence-electron chi connectivity index (χ1n) is 19.9. The van der Waals surface area contributed by atoms with Gasteiger partial charge in [0.2, 0.25) is 5.91 Å². The number of rotatable bonds is 35. The van der Waals surface area contributed by atoms with Gasteiger partial charge in [-0.25, -0.2) is 4.57 Å². The summed E-state index contributed by atoms with van der Waals surface area (Å²) >= 11 is 0. The highest BCUT2D eigenvalue weighted by atomic mass is 31.2. The Hall–Kier alpha value is -1.28. The third kappa shape index (κ3) is 34.9. The Balaban J connectivity index is 4.43. The number of phosphoric acid groups is 1. The first-order valence-corrected chi connectivity index (χ1v) is 21.4. The van der Waals surface area contributed by atoms with E-state index in [0.29, 0.717) is 17.4 Å². The number of aliphatic hydroxyl groups is 1. The molecule has 8 nitrogen and oxygen atoms in total. The van der Waals surface area contributed by atoms with Gasteiger partial charge in [-0.2, -0.15) is 0 Å². The third-order valence-corrected chi connectivity index (χ3v) is 9.57. The lowest BCUT2D eigenvalue weighted by atomic mass is 10.1. The molecule has 3 unspecified atom stereocenters. The fourth-order valence-corrected chi connectivity index (χ4v) is 6.08. The van der Waals surface area contributed by atoms with Crippen LogP contribution >= 0.6 is 7.82 Å². The topological polar surface area (TPSA) is 105 Å². The van der Waals surface area contributed by atoms with Crippen LogP contribution in [0, 0.1) is 0 Å². The molecule has 0 rings (SSSR count). The van der Waals surface area contributed by atoms with Crippen molar-refractivity contribution in [3.63, 3.8) is 0 Å². The van der Waals surface area contributed by atoms with Crippen LogP contribution in [-0.2, 0) is 18.4 Å². The van der Waals surface area contributed by atoms with E-state index in [0.717, 1.165) is 51.4 Å². The van der Waals surface area contributed by atoms with Gasteiger partial charge in [-0.1, -0.05) is 134 Å². The van der Waals surface area contributed by atoms with Gasteiger partial charge in [0.25, 0.3) is 0 Å². The van der Waals surface area contributed by atoms with Gasteiger partial charge < -0.3 is 19.8 Å². The lowest BCUT2D eigenvalue weighted by Crippen LogP contribution is -2.45. The Kier molecular flexibility index (Phi) is 31.8. The van der Waals surface area contributed by atoms with E-state index in [1.54, 1.807) is 6.08 Å². The summed E-state index contributed by atoms with van der Waals surface area (Å²) in [5, 5.41) is 13.7. The van der Waals surface area contributed by atoms with Gasteiger partial charge in [-0.3, -0.25) is 13.8 Å². The Labute approximate surface area is 302 Å². The summed E-state index contributed by atoms with van der Waals surface area (Å²) in [7, 11) is 1.54. The van der Waals surface area contributed by atoms with E-state index in [1.165, 1.54) is 89.9 Å². The van der Waals surface area contributed by atoms with E-state index >= 15 is 0 Å². The number of hydrogen-bond acceptors (Lipinski definition) is 5. The summed E-state index contributed by atoms with van der Waals surface area (Å²) in [6.07, 6.45) is 37.9. The van der Waals surface area contributed by atoms with Gasteiger partial charge in [0, 0.05) is 6.42 Å². The molecule has 0 saturated carbocycles. The highest BCUT2D eigenvalue weighted by Crippen LogP contribution is 2.43. The molecule has 49 heavy (non-hydrogen) atoms. The molecule has 0 aromatic carbocycles. The Morgan fingerprint density at radius 3 is 1.67 bits per heavy atom. The summed E-state index contributed by atoms with van der Waals surface area (Å²) in [5.74, 6) is -0.200. The molecule has 0 aliphatic rings. The fourth-order valence-electron chi connectivity index (χ4n) is 5.34. The maximum Gasteiger partial charge on any atom is 0.472 e. The van der Waals surface area contributed by atoms with E-state index < -0.39 is 20.0 Å². The number of carbonyl (C=O) groups is 1. The van der Waals surface area contributed by atoms with Gasteiger partial charge in [-0.15, -0.1) is 0 Å². The van der Waals surface area contributed by atoms with Crippen LogP contribution in [0.4, 0.5) is 0 Å². The molecule has 3 atom stereocenters. The van der Waals surface area contributed by atoms with Gasteiger partial charge in [0.05, 0.1) is 39.9 Å². The maximum absolute atomic E-state index is 12.8. The van der Waals surface area contributed by atoms with E-state index in [-0.39, 0.29) is 19.1 Å². The smallest absolute Gasteiger partial charge is 0.387 e. The average Bonchev–Trinajstić information content (AvgIpc) is 3.04.